The lowest BCUT2D eigenvalue weighted by atomic mass is 10.00. The second kappa shape index (κ2) is 11.6. The molecule has 0 spiro atoms. The molecule has 0 unspecified atom stereocenters. The fourth-order valence-corrected chi connectivity index (χ4v) is 4.05. The molecule has 0 saturated carbocycles. The molecule has 0 bridgehead atoms. The zero-order valence-electron chi connectivity index (χ0n) is 20.0. The smallest absolute Gasteiger partial charge is 0.247 e. The molecule has 0 radical (unpaired) electrons. The van der Waals surface area contributed by atoms with Crippen LogP contribution in [-0.2, 0) is 20.9 Å². The van der Waals surface area contributed by atoms with Crippen LogP contribution in [0.4, 0.5) is 5.13 Å². The van der Waals surface area contributed by atoms with Crippen LogP contribution in [0.25, 0.3) is 0 Å². The molecule has 1 aromatic heterocycles. The highest BCUT2D eigenvalue weighted by Crippen LogP contribution is 2.27. The molecule has 0 aliphatic heterocycles. The number of hydrogen-bond acceptors (Lipinski definition) is 6. The van der Waals surface area contributed by atoms with Gasteiger partial charge in [0.15, 0.2) is 5.13 Å². The third-order valence-electron chi connectivity index (χ3n) is 5.03. The highest BCUT2D eigenvalue weighted by molar-refractivity contribution is 7.13. The molecular weight excluding hydrogens is 464 g/mol. The Labute approximate surface area is 209 Å². The van der Waals surface area contributed by atoms with E-state index in [9.17, 15) is 19.5 Å². The molecule has 0 aliphatic carbocycles. The number of carbonyl (C=O) groups is 3. The van der Waals surface area contributed by atoms with Gasteiger partial charge in [0.05, 0.1) is 0 Å². The quantitative estimate of drug-likeness (QED) is 0.412. The SMILES string of the molecule is CC(C)(C)NC(=O)[C@@H](c1ccc(O)cc1)N(Cc1ccccc1)C(=O)CCC(=O)Nc1nccs1. The van der Waals surface area contributed by atoms with Crippen molar-refractivity contribution in [1.82, 2.24) is 15.2 Å². The Kier molecular flexibility index (Phi) is 8.59. The third-order valence-corrected chi connectivity index (χ3v) is 5.72. The second-order valence-electron chi connectivity index (χ2n) is 9.13. The van der Waals surface area contributed by atoms with Crippen LogP contribution in [0.5, 0.6) is 5.75 Å². The minimum absolute atomic E-state index is 0.0487. The number of hydrogen-bond donors (Lipinski definition) is 3. The Morgan fingerprint density at radius 1 is 1.03 bits per heavy atom. The summed E-state index contributed by atoms with van der Waals surface area (Å²) in [4.78, 5) is 44.9. The molecule has 0 aliphatic rings. The largest absolute Gasteiger partial charge is 0.508 e. The van der Waals surface area contributed by atoms with Crippen molar-refractivity contribution in [3.63, 3.8) is 0 Å². The maximum atomic E-state index is 13.5. The van der Waals surface area contributed by atoms with Gasteiger partial charge in [-0.05, 0) is 44.0 Å². The summed E-state index contributed by atoms with van der Waals surface area (Å²) in [6.07, 6.45) is 1.46. The Balaban J connectivity index is 1.89. The van der Waals surface area contributed by atoms with E-state index in [1.54, 1.807) is 23.7 Å². The van der Waals surface area contributed by atoms with Gasteiger partial charge in [0.2, 0.25) is 17.7 Å². The molecule has 184 valence electrons. The molecule has 3 N–H and O–H groups in total. The van der Waals surface area contributed by atoms with Gasteiger partial charge in [0.1, 0.15) is 11.8 Å². The minimum atomic E-state index is -0.954. The summed E-state index contributed by atoms with van der Waals surface area (Å²) in [7, 11) is 0. The summed E-state index contributed by atoms with van der Waals surface area (Å²) >= 11 is 1.29. The highest BCUT2D eigenvalue weighted by Gasteiger charge is 2.33. The maximum absolute atomic E-state index is 13.5. The van der Waals surface area contributed by atoms with E-state index < -0.39 is 11.6 Å². The molecule has 8 nitrogen and oxygen atoms in total. The number of phenols is 1. The van der Waals surface area contributed by atoms with Crippen LogP contribution >= 0.6 is 11.3 Å². The number of thiazole rings is 1. The van der Waals surface area contributed by atoms with Crippen LogP contribution < -0.4 is 10.6 Å². The maximum Gasteiger partial charge on any atom is 0.247 e. The minimum Gasteiger partial charge on any atom is -0.508 e. The number of amides is 3. The number of benzene rings is 2. The van der Waals surface area contributed by atoms with Crippen LogP contribution in [0.3, 0.4) is 0 Å². The molecule has 0 saturated heterocycles. The van der Waals surface area contributed by atoms with Gasteiger partial charge in [-0.2, -0.15) is 0 Å². The van der Waals surface area contributed by atoms with Crippen LogP contribution in [0.15, 0.2) is 66.2 Å². The van der Waals surface area contributed by atoms with E-state index in [4.69, 9.17) is 0 Å². The van der Waals surface area contributed by atoms with Crippen LogP contribution in [0, 0.1) is 0 Å². The first kappa shape index (κ1) is 25.9. The predicted octanol–water partition coefficient (Wildman–Crippen LogP) is 4.25. The monoisotopic (exact) mass is 494 g/mol. The van der Waals surface area contributed by atoms with Crippen LogP contribution in [0.1, 0.15) is 50.8 Å². The third kappa shape index (κ3) is 7.92. The van der Waals surface area contributed by atoms with Gasteiger partial charge >= 0.3 is 0 Å². The zero-order valence-corrected chi connectivity index (χ0v) is 20.8. The summed E-state index contributed by atoms with van der Waals surface area (Å²) in [5, 5.41) is 17.6. The Morgan fingerprint density at radius 2 is 1.71 bits per heavy atom. The number of nitrogens with zero attached hydrogens (tertiary/aromatic N) is 2. The normalized spacial score (nSPS) is 12.0. The van der Waals surface area contributed by atoms with E-state index in [-0.39, 0.29) is 42.9 Å². The molecule has 3 amide bonds. The number of rotatable bonds is 9. The average molecular weight is 495 g/mol. The first-order valence-corrected chi connectivity index (χ1v) is 12.1. The van der Waals surface area contributed by atoms with E-state index >= 15 is 0 Å². The second-order valence-corrected chi connectivity index (χ2v) is 10.0. The Hall–Kier alpha value is -3.72. The average Bonchev–Trinajstić information content (AvgIpc) is 3.31. The van der Waals surface area contributed by atoms with E-state index in [2.05, 4.69) is 15.6 Å². The summed E-state index contributed by atoms with van der Waals surface area (Å²) in [6.45, 7) is 5.78. The number of nitrogens with one attached hydrogen (secondary N) is 2. The van der Waals surface area contributed by atoms with E-state index in [0.29, 0.717) is 10.7 Å². The summed E-state index contributed by atoms with van der Waals surface area (Å²) in [6, 6.07) is 14.6. The lowest BCUT2D eigenvalue weighted by Gasteiger charge is -2.34. The van der Waals surface area contributed by atoms with Crippen molar-refractivity contribution in [2.24, 2.45) is 0 Å². The van der Waals surface area contributed by atoms with Crippen molar-refractivity contribution in [1.29, 1.82) is 0 Å². The topological polar surface area (TPSA) is 112 Å². The first-order chi connectivity index (χ1) is 16.6. The molecular formula is C26H30N4O4S. The molecule has 3 rings (SSSR count). The van der Waals surface area contributed by atoms with Crippen LogP contribution in [0.2, 0.25) is 0 Å². The number of carbonyl (C=O) groups excluding carboxylic acids is 3. The standard InChI is InChI=1S/C26H30N4O4S/c1-26(2,3)29-24(34)23(19-9-11-20(31)12-10-19)30(17-18-7-5-4-6-8-18)22(33)14-13-21(32)28-25-27-15-16-35-25/h4-12,15-16,23,31H,13-14,17H2,1-3H3,(H,29,34)(H,27,28,32)/t23-/m1/s1. The predicted molar refractivity (Wildman–Crippen MR) is 136 cm³/mol. The molecule has 0 fully saturated rings. The van der Waals surface area contributed by atoms with Gasteiger partial charge in [-0.15, -0.1) is 11.3 Å². The summed E-state index contributed by atoms with van der Waals surface area (Å²) in [5.41, 5.74) is 0.878. The molecule has 3 aromatic rings. The molecule has 1 atom stereocenters. The van der Waals surface area contributed by atoms with Gasteiger partial charge in [-0.25, -0.2) is 4.98 Å². The van der Waals surface area contributed by atoms with E-state index in [1.807, 2.05) is 51.1 Å². The van der Waals surface area contributed by atoms with E-state index in [1.165, 1.54) is 28.4 Å². The summed E-state index contributed by atoms with van der Waals surface area (Å²) < 4.78 is 0. The van der Waals surface area contributed by atoms with Crippen molar-refractivity contribution < 1.29 is 19.5 Å². The van der Waals surface area contributed by atoms with Crippen molar-refractivity contribution in [2.75, 3.05) is 5.32 Å². The number of aromatic nitrogens is 1. The molecule has 35 heavy (non-hydrogen) atoms. The lowest BCUT2D eigenvalue weighted by molar-refractivity contribution is -0.142. The van der Waals surface area contributed by atoms with Crippen LogP contribution in [-0.4, -0.2) is 38.3 Å². The Morgan fingerprint density at radius 3 is 2.31 bits per heavy atom. The van der Waals surface area contributed by atoms with E-state index in [0.717, 1.165) is 5.56 Å². The summed E-state index contributed by atoms with van der Waals surface area (Å²) in [5.74, 6) is -0.957. The molecule has 2 aromatic carbocycles. The van der Waals surface area contributed by atoms with Gasteiger partial charge < -0.3 is 20.6 Å². The van der Waals surface area contributed by atoms with Crippen molar-refractivity contribution in [3.05, 3.63) is 77.3 Å². The fourth-order valence-electron chi connectivity index (χ4n) is 3.50. The van der Waals surface area contributed by atoms with Crippen molar-refractivity contribution >= 4 is 34.2 Å². The van der Waals surface area contributed by atoms with Gasteiger partial charge in [-0.3, -0.25) is 14.4 Å². The molecule has 9 heteroatoms. The van der Waals surface area contributed by atoms with Crippen molar-refractivity contribution in [2.45, 2.75) is 51.7 Å². The van der Waals surface area contributed by atoms with Gasteiger partial charge in [0, 0.05) is 36.5 Å². The highest BCUT2D eigenvalue weighted by atomic mass is 32.1. The van der Waals surface area contributed by atoms with Gasteiger partial charge in [-0.1, -0.05) is 42.5 Å². The fraction of sp³-hybridized carbons (Fsp3) is 0.308. The molecule has 1 heterocycles. The first-order valence-electron chi connectivity index (χ1n) is 11.3. The number of anilines is 1. The number of aromatic hydroxyl groups is 1. The number of phenolic OH excluding ortho intramolecular Hbond substituents is 1. The Bertz CT molecular complexity index is 1130. The van der Waals surface area contributed by atoms with Crippen molar-refractivity contribution in [3.8, 4) is 5.75 Å². The van der Waals surface area contributed by atoms with Gasteiger partial charge in [0.25, 0.3) is 0 Å². The zero-order chi connectivity index (χ0) is 25.4. The lowest BCUT2D eigenvalue weighted by Crippen LogP contribution is -2.49.